The Labute approximate surface area is 125 Å². The molecule has 2 aromatic rings. The van der Waals surface area contributed by atoms with Crippen LogP contribution in [0.3, 0.4) is 0 Å². The van der Waals surface area contributed by atoms with Crippen molar-refractivity contribution in [3.05, 3.63) is 40.7 Å². The molecule has 0 amide bonds. The van der Waals surface area contributed by atoms with Gasteiger partial charge in [-0.1, -0.05) is 44.4 Å². The van der Waals surface area contributed by atoms with Gasteiger partial charge < -0.3 is 10.3 Å². The van der Waals surface area contributed by atoms with Gasteiger partial charge in [-0.25, -0.2) is 0 Å². The van der Waals surface area contributed by atoms with E-state index < -0.39 is 0 Å². The normalized spacial score (nSPS) is 22.3. The Morgan fingerprint density at radius 2 is 2.14 bits per heavy atom. The van der Waals surface area contributed by atoms with E-state index in [0.717, 1.165) is 35.0 Å². The molecule has 0 aliphatic heterocycles. The van der Waals surface area contributed by atoms with E-state index in [0.29, 0.717) is 0 Å². The SMILES string of the molecule is CC1CCCC(CCNc2cc3ccccc3c(=O)[nH]2)C1. The summed E-state index contributed by atoms with van der Waals surface area (Å²) in [7, 11) is 0. The molecule has 2 N–H and O–H groups in total. The van der Waals surface area contributed by atoms with E-state index in [2.05, 4.69) is 17.2 Å². The fourth-order valence-corrected chi connectivity index (χ4v) is 3.54. The molecule has 1 fully saturated rings. The number of hydrogen-bond donors (Lipinski definition) is 2. The molecule has 3 nitrogen and oxygen atoms in total. The van der Waals surface area contributed by atoms with Crippen molar-refractivity contribution in [1.29, 1.82) is 0 Å². The van der Waals surface area contributed by atoms with E-state index in [9.17, 15) is 4.79 Å². The van der Waals surface area contributed by atoms with Gasteiger partial charge in [0.25, 0.3) is 5.56 Å². The third-order valence-electron chi connectivity index (χ3n) is 4.67. The van der Waals surface area contributed by atoms with Crippen molar-refractivity contribution >= 4 is 16.6 Å². The number of rotatable bonds is 4. The summed E-state index contributed by atoms with van der Waals surface area (Å²) < 4.78 is 0. The number of nitrogens with one attached hydrogen (secondary N) is 2. The standard InChI is InChI=1S/C18H24N2O/c1-13-5-4-6-14(11-13)9-10-19-17-12-15-7-2-3-8-16(15)18(21)20-17/h2-3,7-8,12-14H,4-6,9-11H2,1H3,(H2,19,20,21). The van der Waals surface area contributed by atoms with Crippen LogP contribution in [-0.2, 0) is 0 Å². The van der Waals surface area contributed by atoms with E-state index in [1.54, 1.807) is 0 Å². The molecule has 1 heterocycles. The van der Waals surface area contributed by atoms with Crippen molar-refractivity contribution in [2.24, 2.45) is 11.8 Å². The summed E-state index contributed by atoms with van der Waals surface area (Å²) in [5.41, 5.74) is -0.0121. The third kappa shape index (κ3) is 3.46. The maximum absolute atomic E-state index is 12.0. The molecule has 1 aliphatic carbocycles. The Morgan fingerprint density at radius 3 is 3.00 bits per heavy atom. The van der Waals surface area contributed by atoms with Gasteiger partial charge in [-0.05, 0) is 42.2 Å². The van der Waals surface area contributed by atoms with Crippen LogP contribution in [0.1, 0.15) is 39.0 Å². The van der Waals surface area contributed by atoms with E-state index in [4.69, 9.17) is 0 Å². The van der Waals surface area contributed by atoms with E-state index in [1.165, 1.54) is 32.1 Å². The van der Waals surface area contributed by atoms with Gasteiger partial charge in [0.05, 0.1) is 0 Å². The summed E-state index contributed by atoms with van der Waals surface area (Å²) in [6.45, 7) is 3.30. The molecule has 1 aromatic carbocycles. The van der Waals surface area contributed by atoms with Gasteiger partial charge in [0.15, 0.2) is 0 Å². The molecule has 2 atom stereocenters. The van der Waals surface area contributed by atoms with Crippen molar-refractivity contribution in [3.8, 4) is 0 Å². The number of anilines is 1. The highest BCUT2D eigenvalue weighted by molar-refractivity contribution is 5.83. The van der Waals surface area contributed by atoms with Crippen LogP contribution in [0.25, 0.3) is 10.8 Å². The number of benzene rings is 1. The molecule has 3 heteroatoms. The van der Waals surface area contributed by atoms with Crippen molar-refractivity contribution in [3.63, 3.8) is 0 Å². The highest BCUT2D eigenvalue weighted by Gasteiger charge is 2.18. The van der Waals surface area contributed by atoms with Gasteiger partial charge in [0, 0.05) is 11.9 Å². The third-order valence-corrected chi connectivity index (χ3v) is 4.67. The molecule has 1 aliphatic rings. The minimum Gasteiger partial charge on any atom is -0.372 e. The molecule has 0 bridgehead atoms. The van der Waals surface area contributed by atoms with Crippen LogP contribution in [-0.4, -0.2) is 11.5 Å². The summed E-state index contributed by atoms with van der Waals surface area (Å²) in [6.07, 6.45) is 6.68. The van der Waals surface area contributed by atoms with E-state index >= 15 is 0 Å². The van der Waals surface area contributed by atoms with Gasteiger partial charge in [-0.2, -0.15) is 0 Å². The van der Waals surface area contributed by atoms with Crippen molar-refractivity contribution < 1.29 is 0 Å². The molecule has 0 radical (unpaired) electrons. The number of aromatic amines is 1. The number of aromatic nitrogens is 1. The molecule has 3 rings (SSSR count). The lowest BCUT2D eigenvalue weighted by atomic mass is 9.81. The minimum absolute atomic E-state index is 0.0121. The zero-order chi connectivity index (χ0) is 14.7. The fraction of sp³-hybridized carbons (Fsp3) is 0.500. The molecule has 0 spiro atoms. The van der Waals surface area contributed by atoms with Crippen molar-refractivity contribution in [2.75, 3.05) is 11.9 Å². The molecule has 0 saturated heterocycles. The predicted molar refractivity (Wildman–Crippen MR) is 88.8 cm³/mol. The first-order valence-corrected chi connectivity index (χ1v) is 8.08. The second-order valence-electron chi connectivity index (χ2n) is 6.45. The quantitative estimate of drug-likeness (QED) is 0.885. The minimum atomic E-state index is -0.0121. The fourth-order valence-electron chi connectivity index (χ4n) is 3.54. The van der Waals surface area contributed by atoms with Crippen LogP contribution >= 0.6 is 0 Å². The lowest BCUT2D eigenvalue weighted by Crippen LogP contribution is -2.18. The van der Waals surface area contributed by atoms with Crippen LogP contribution < -0.4 is 10.9 Å². The average Bonchev–Trinajstić information content (AvgIpc) is 2.47. The van der Waals surface area contributed by atoms with Crippen LogP contribution in [0.4, 0.5) is 5.82 Å². The van der Waals surface area contributed by atoms with Crippen LogP contribution in [0, 0.1) is 11.8 Å². The van der Waals surface area contributed by atoms with Crippen LogP contribution in [0.5, 0.6) is 0 Å². The van der Waals surface area contributed by atoms with Gasteiger partial charge in [0.2, 0.25) is 0 Å². The van der Waals surface area contributed by atoms with Gasteiger partial charge >= 0.3 is 0 Å². The molecule has 1 aromatic heterocycles. The zero-order valence-corrected chi connectivity index (χ0v) is 12.7. The molecular weight excluding hydrogens is 260 g/mol. The Hall–Kier alpha value is -1.77. The average molecular weight is 284 g/mol. The Bertz CT molecular complexity index is 662. The molecule has 1 saturated carbocycles. The molecule has 112 valence electrons. The van der Waals surface area contributed by atoms with Crippen molar-refractivity contribution in [1.82, 2.24) is 4.98 Å². The van der Waals surface area contributed by atoms with E-state index in [-0.39, 0.29) is 5.56 Å². The van der Waals surface area contributed by atoms with Crippen LogP contribution in [0.2, 0.25) is 0 Å². The Morgan fingerprint density at radius 1 is 1.29 bits per heavy atom. The van der Waals surface area contributed by atoms with Crippen LogP contribution in [0.15, 0.2) is 35.1 Å². The maximum atomic E-state index is 12.0. The number of fused-ring (bicyclic) bond motifs is 1. The monoisotopic (exact) mass is 284 g/mol. The maximum Gasteiger partial charge on any atom is 0.257 e. The summed E-state index contributed by atoms with van der Waals surface area (Å²) in [5, 5.41) is 5.13. The second kappa shape index (κ2) is 6.33. The highest BCUT2D eigenvalue weighted by atomic mass is 16.1. The lowest BCUT2D eigenvalue weighted by molar-refractivity contribution is 0.274. The Balaban J connectivity index is 1.61. The summed E-state index contributed by atoms with van der Waals surface area (Å²) in [4.78, 5) is 14.9. The first-order chi connectivity index (χ1) is 10.2. The Kier molecular flexibility index (Phi) is 4.28. The second-order valence-corrected chi connectivity index (χ2v) is 6.45. The topological polar surface area (TPSA) is 44.9 Å². The van der Waals surface area contributed by atoms with E-state index in [1.807, 2.05) is 30.3 Å². The van der Waals surface area contributed by atoms with Gasteiger partial charge in [-0.3, -0.25) is 4.79 Å². The lowest BCUT2D eigenvalue weighted by Gasteiger charge is -2.26. The summed E-state index contributed by atoms with van der Waals surface area (Å²) in [5.74, 6) is 2.56. The molecule has 2 unspecified atom stereocenters. The summed E-state index contributed by atoms with van der Waals surface area (Å²) in [6, 6.07) is 9.74. The summed E-state index contributed by atoms with van der Waals surface area (Å²) >= 11 is 0. The first-order valence-electron chi connectivity index (χ1n) is 8.08. The van der Waals surface area contributed by atoms with Crippen molar-refractivity contribution in [2.45, 2.75) is 39.0 Å². The number of H-pyrrole nitrogens is 1. The zero-order valence-electron chi connectivity index (χ0n) is 12.7. The first kappa shape index (κ1) is 14.2. The predicted octanol–water partition coefficient (Wildman–Crippen LogP) is 4.16. The van der Waals surface area contributed by atoms with Gasteiger partial charge in [-0.15, -0.1) is 0 Å². The highest BCUT2D eigenvalue weighted by Crippen LogP contribution is 2.30. The largest absolute Gasteiger partial charge is 0.372 e. The van der Waals surface area contributed by atoms with Gasteiger partial charge in [0.1, 0.15) is 5.82 Å². The number of pyridine rings is 1. The molecule has 21 heavy (non-hydrogen) atoms. The number of hydrogen-bond acceptors (Lipinski definition) is 2. The smallest absolute Gasteiger partial charge is 0.257 e. The molecular formula is C18H24N2O.